The number of aliphatic hydroxyl groups is 2. The van der Waals surface area contributed by atoms with Crippen LogP contribution >= 0.6 is 0 Å². The molecule has 2 N–H and O–H groups in total. The van der Waals surface area contributed by atoms with E-state index in [0.717, 1.165) is 57.8 Å². The van der Waals surface area contributed by atoms with Crippen LogP contribution in [0.2, 0.25) is 0 Å². The number of hydrogen-bond acceptors (Lipinski definition) is 2. The fourth-order valence-corrected chi connectivity index (χ4v) is 10.6. The van der Waals surface area contributed by atoms with Crippen LogP contribution in [0.15, 0.2) is 0 Å². The molecule has 202 valence electrons. The van der Waals surface area contributed by atoms with Gasteiger partial charge in [-0.3, -0.25) is 0 Å². The van der Waals surface area contributed by atoms with Gasteiger partial charge in [0, 0.05) is 0 Å². The van der Waals surface area contributed by atoms with Gasteiger partial charge in [0.1, 0.15) is 0 Å². The smallest absolute Gasteiger partial charge is 0.390 e. The molecule has 5 saturated carbocycles. The first kappa shape index (κ1) is 26.3. The van der Waals surface area contributed by atoms with E-state index in [1.165, 1.54) is 25.7 Å². The Kier molecular flexibility index (Phi) is 6.68. The lowest BCUT2D eigenvalue weighted by atomic mass is 9.43. The molecule has 5 fully saturated rings. The first-order valence-electron chi connectivity index (χ1n) is 14.8. The van der Waals surface area contributed by atoms with E-state index in [2.05, 4.69) is 20.8 Å². The molecular weight excluding hydrogens is 449 g/mol. The maximum absolute atomic E-state index is 13.6. The van der Waals surface area contributed by atoms with Gasteiger partial charge in [0.05, 0.1) is 5.60 Å². The lowest BCUT2D eigenvalue weighted by Gasteiger charge is -2.62. The zero-order valence-corrected chi connectivity index (χ0v) is 22.3. The molecule has 0 amide bonds. The Morgan fingerprint density at radius 3 is 2.17 bits per heavy atom. The van der Waals surface area contributed by atoms with E-state index in [-0.39, 0.29) is 24.2 Å². The summed E-state index contributed by atoms with van der Waals surface area (Å²) in [6.07, 6.45) is 10.1. The number of hydrogen-bond donors (Lipinski definition) is 2. The second-order valence-electron chi connectivity index (χ2n) is 14.4. The zero-order chi connectivity index (χ0) is 25.3. The molecule has 5 rings (SSSR count). The van der Waals surface area contributed by atoms with Gasteiger partial charge in [-0.2, -0.15) is 13.2 Å². The molecule has 0 spiro atoms. The molecule has 5 aliphatic rings. The van der Waals surface area contributed by atoms with Gasteiger partial charge >= 0.3 is 6.18 Å². The average Bonchev–Trinajstić information content (AvgIpc) is 3.15. The van der Waals surface area contributed by atoms with Gasteiger partial charge in [-0.05, 0) is 130 Å². The normalized spacial score (nSPS) is 48.5. The summed E-state index contributed by atoms with van der Waals surface area (Å²) in [7, 11) is 0. The summed E-state index contributed by atoms with van der Waals surface area (Å²) in [5, 5.41) is 21.5. The van der Waals surface area contributed by atoms with Gasteiger partial charge < -0.3 is 10.2 Å². The molecule has 0 aromatic heterocycles. The maximum atomic E-state index is 13.6. The molecule has 2 nitrogen and oxygen atoms in total. The van der Waals surface area contributed by atoms with E-state index < -0.39 is 17.4 Å². The fourth-order valence-electron chi connectivity index (χ4n) is 10.6. The van der Waals surface area contributed by atoms with Crippen molar-refractivity contribution in [2.45, 2.75) is 141 Å². The van der Waals surface area contributed by atoms with Crippen molar-refractivity contribution >= 4 is 0 Å². The van der Waals surface area contributed by atoms with Gasteiger partial charge in [-0.15, -0.1) is 0 Å². The van der Waals surface area contributed by atoms with Crippen LogP contribution < -0.4 is 0 Å². The third-order valence-corrected chi connectivity index (χ3v) is 12.9. The van der Waals surface area contributed by atoms with Crippen molar-refractivity contribution in [2.24, 2.45) is 46.3 Å². The predicted octanol–water partition coefficient (Wildman–Crippen LogP) is 8.05. The molecule has 0 aromatic rings. The zero-order valence-electron chi connectivity index (χ0n) is 22.3. The van der Waals surface area contributed by atoms with Crippen LogP contribution in [0.1, 0.15) is 124 Å². The highest BCUT2D eigenvalue weighted by Gasteiger charge is 2.65. The Morgan fingerprint density at radius 2 is 1.49 bits per heavy atom. The first-order valence-corrected chi connectivity index (χ1v) is 14.8. The number of fused-ring (bicyclic) bond motifs is 5. The summed E-state index contributed by atoms with van der Waals surface area (Å²) in [6.45, 7) is 7.23. The Hall–Kier alpha value is -0.290. The Labute approximate surface area is 210 Å². The standard InChI is InChI=1S/C30H49F3O2/c1-20(11-16-28(34)13-5-4-6-14-28)23-9-10-24-22-8-7-21-19-29(35,30(31,32)33)18-17-26(21,2)25(22)12-15-27(23,24)3/h20-25,34-35H,4-19H2,1-3H3/t20-,21-,22-,23-,24-,25-,26-,27+,29-/m0/s1. The molecule has 5 aliphatic carbocycles. The van der Waals surface area contributed by atoms with Gasteiger partial charge in [0.15, 0.2) is 5.60 Å². The van der Waals surface area contributed by atoms with Crippen LogP contribution in [0.5, 0.6) is 0 Å². The van der Waals surface area contributed by atoms with Gasteiger partial charge in [-0.1, -0.05) is 40.0 Å². The summed E-state index contributed by atoms with van der Waals surface area (Å²) in [6, 6.07) is 0. The third kappa shape index (κ3) is 4.31. The molecule has 0 radical (unpaired) electrons. The second-order valence-corrected chi connectivity index (χ2v) is 14.4. The van der Waals surface area contributed by atoms with E-state index in [1.54, 1.807) is 0 Å². The van der Waals surface area contributed by atoms with Gasteiger partial charge in [-0.25, -0.2) is 0 Å². The topological polar surface area (TPSA) is 40.5 Å². The average molecular weight is 499 g/mol. The summed E-state index contributed by atoms with van der Waals surface area (Å²) in [5.74, 6) is 3.14. The molecule has 0 unspecified atom stereocenters. The molecule has 35 heavy (non-hydrogen) atoms. The van der Waals surface area contributed by atoms with Crippen molar-refractivity contribution < 1.29 is 23.4 Å². The predicted molar refractivity (Wildman–Crippen MR) is 133 cm³/mol. The van der Waals surface area contributed by atoms with Crippen LogP contribution in [0.4, 0.5) is 13.2 Å². The van der Waals surface area contributed by atoms with Crippen LogP contribution in [-0.4, -0.2) is 27.6 Å². The van der Waals surface area contributed by atoms with Crippen LogP contribution in [0.3, 0.4) is 0 Å². The van der Waals surface area contributed by atoms with Gasteiger partial charge in [0.2, 0.25) is 0 Å². The lowest BCUT2D eigenvalue weighted by molar-refractivity contribution is -0.290. The second kappa shape index (κ2) is 8.89. The molecule has 0 bridgehead atoms. The highest BCUT2D eigenvalue weighted by atomic mass is 19.4. The number of alkyl halides is 3. The molecule has 0 saturated heterocycles. The minimum absolute atomic E-state index is 0.0131. The number of rotatable bonds is 4. The van der Waals surface area contributed by atoms with E-state index in [0.29, 0.717) is 41.4 Å². The SMILES string of the molecule is C[C@@H](CCC1(O)CCCCC1)[C@@H]1CC[C@H]2[C@@H]3CC[C@H]4C[C@](O)(C(F)(F)F)CC[C@]4(C)[C@H]3CC[C@@]21C. The van der Waals surface area contributed by atoms with Crippen molar-refractivity contribution in [3.05, 3.63) is 0 Å². The highest BCUT2D eigenvalue weighted by molar-refractivity contribution is 5.11. The molecule has 0 aliphatic heterocycles. The first-order chi connectivity index (χ1) is 16.3. The highest BCUT2D eigenvalue weighted by Crippen LogP contribution is 2.69. The largest absolute Gasteiger partial charge is 0.417 e. The summed E-state index contributed by atoms with van der Waals surface area (Å²) < 4.78 is 40.9. The summed E-state index contributed by atoms with van der Waals surface area (Å²) >= 11 is 0. The van der Waals surface area contributed by atoms with Gasteiger partial charge in [0.25, 0.3) is 0 Å². The van der Waals surface area contributed by atoms with Crippen molar-refractivity contribution in [3.63, 3.8) is 0 Å². The molecule has 5 heteroatoms. The fraction of sp³-hybridized carbons (Fsp3) is 1.00. The quantitative estimate of drug-likeness (QED) is 0.412. The van der Waals surface area contributed by atoms with Crippen LogP contribution in [0.25, 0.3) is 0 Å². The van der Waals surface area contributed by atoms with E-state index in [9.17, 15) is 23.4 Å². The van der Waals surface area contributed by atoms with Crippen molar-refractivity contribution in [3.8, 4) is 0 Å². The van der Waals surface area contributed by atoms with Crippen molar-refractivity contribution in [1.82, 2.24) is 0 Å². The van der Waals surface area contributed by atoms with Crippen LogP contribution in [0, 0.1) is 46.3 Å². The van der Waals surface area contributed by atoms with Crippen molar-refractivity contribution in [1.29, 1.82) is 0 Å². The monoisotopic (exact) mass is 498 g/mol. The molecule has 0 heterocycles. The lowest BCUT2D eigenvalue weighted by Crippen LogP contribution is -2.59. The number of halogens is 3. The minimum atomic E-state index is -4.52. The van der Waals surface area contributed by atoms with Crippen LogP contribution in [-0.2, 0) is 0 Å². The minimum Gasteiger partial charge on any atom is -0.390 e. The molecular formula is C30H49F3O2. The Balaban J connectivity index is 1.27. The van der Waals surface area contributed by atoms with Crippen molar-refractivity contribution in [2.75, 3.05) is 0 Å². The summed E-state index contributed by atoms with van der Waals surface area (Å²) in [5.41, 5.74) is -2.64. The third-order valence-electron chi connectivity index (χ3n) is 12.9. The Bertz CT molecular complexity index is 776. The van der Waals surface area contributed by atoms with E-state index in [1.807, 2.05) is 0 Å². The summed E-state index contributed by atoms with van der Waals surface area (Å²) in [4.78, 5) is 0. The van der Waals surface area contributed by atoms with E-state index >= 15 is 0 Å². The molecule has 9 atom stereocenters. The van der Waals surface area contributed by atoms with E-state index in [4.69, 9.17) is 0 Å². The molecule has 0 aromatic carbocycles. The maximum Gasteiger partial charge on any atom is 0.417 e. The Morgan fingerprint density at radius 1 is 0.800 bits per heavy atom.